The number of rotatable bonds is 9. The number of nitrogens with one attached hydrogen (secondary N) is 1. The molecule has 1 aromatic carbocycles. The first kappa shape index (κ1) is 22.7. The van der Waals surface area contributed by atoms with Gasteiger partial charge in [0.2, 0.25) is 0 Å². The standard InChI is InChI=1S/C24H28FN5O3/c1-2-4-20-27-22-21(29(20)15-17-5-7-19(25)8-6-17)23(32)28(13-3-14-31)24(33)30(22)16-18-9-11-26-12-10-18/h5-12,20,27,31H,2-4,13-16H2,1H3. The Labute approximate surface area is 190 Å². The van der Waals surface area contributed by atoms with Crippen LogP contribution in [0.1, 0.15) is 37.3 Å². The maximum absolute atomic E-state index is 13.5. The molecule has 2 aromatic heterocycles. The molecule has 1 unspecified atom stereocenters. The van der Waals surface area contributed by atoms with Gasteiger partial charge in [-0.15, -0.1) is 0 Å². The fraction of sp³-hybridized carbons (Fsp3) is 0.375. The van der Waals surface area contributed by atoms with Crippen molar-refractivity contribution in [2.45, 2.75) is 52.0 Å². The molecular formula is C24H28FN5O3. The van der Waals surface area contributed by atoms with Crippen molar-refractivity contribution < 1.29 is 9.50 Å². The number of halogens is 1. The molecule has 0 spiro atoms. The number of aromatic nitrogens is 3. The molecule has 8 nitrogen and oxygen atoms in total. The summed E-state index contributed by atoms with van der Waals surface area (Å²) in [6.45, 7) is 2.74. The molecule has 9 heteroatoms. The zero-order valence-corrected chi connectivity index (χ0v) is 18.6. The van der Waals surface area contributed by atoms with Crippen LogP contribution in [0.2, 0.25) is 0 Å². The number of hydrogen-bond donors (Lipinski definition) is 2. The van der Waals surface area contributed by atoms with Gasteiger partial charge in [0.05, 0.1) is 6.54 Å². The Hall–Kier alpha value is -3.46. The number of anilines is 2. The fourth-order valence-corrected chi connectivity index (χ4v) is 4.20. The molecule has 0 fully saturated rings. The van der Waals surface area contributed by atoms with Crippen molar-refractivity contribution in [3.05, 3.63) is 86.6 Å². The highest BCUT2D eigenvalue weighted by molar-refractivity contribution is 5.72. The van der Waals surface area contributed by atoms with Gasteiger partial charge in [-0.25, -0.2) is 9.18 Å². The van der Waals surface area contributed by atoms with Crippen LogP contribution in [0.5, 0.6) is 0 Å². The molecular weight excluding hydrogens is 425 g/mol. The van der Waals surface area contributed by atoms with E-state index < -0.39 is 5.69 Å². The number of benzene rings is 1. The minimum atomic E-state index is -0.421. The van der Waals surface area contributed by atoms with Crippen molar-refractivity contribution in [1.82, 2.24) is 14.1 Å². The van der Waals surface area contributed by atoms with Gasteiger partial charge in [-0.3, -0.25) is 18.9 Å². The molecule has 0 saturated carbocycles. The van der Waals surface area contributed by atoms with Crippen LogP contribution >= 0.6 is 0 Å². The number of pyridine rings is 1. The second kappa shape index (κ2) is 9.99. The summed E-state index contributed by atoms with van der Waals surface area (Å²) in [5.41, 5.74) is 1.36. The number of fused-ring (bicyclic) bond motifs is 1. The second-order valence-electron chi connectivity index (χ2n) is 8.16. The summed E-state index contributed by atoms with van der Waals surface area (Å²) in [7, 11) is 0. The van der Waals surface area contributed by atoms with E-state index in [1.165, 1.54) is 16.7 Å². The molecule has 2 N–H and O–H groups in total. The molecule has 1 atom stereocenters. The van der Waals surface area contributed by atoms with Crippen LogP contribution in [0, 0.1) is 5.82 Å². The van der Waals surface area contributed by atoms with Crippen molar-refractivity contribution in [2.75, 3.05) is 16.8 Å². The van der Waals surface area contributed by atoms with Gasteiger partial charge in [0.1, 0.15) is 23.5 Å². The Kier molecular flexibility index (Phi) is 6.88. The summed E-state index contributed by atoms with van der Waals surface area (Å²) in [6.07, 6.45) is 5.08. The topological polar surface area (TPSA) is 92.4 Å². The Bertz CT molecular complexity index is 1210. The van der Waals surface area contributed by atoms with Crippen LogP contribution in [0.4, 0.5) is 15.9 Å². The molecule has 174 valence electrons. The lowest BCUT2D eigenvalue weighted by molar-refractivity contribution is 0.277. The van der Waals surface area contributed by atoms with E-state index in [9.17, 15) is 19.1 Å². The first-order valence-electron chi connectivity index (χ1n) is 11.2. The monoisotopic (exact) mass is 453 g/mol. The van der Waals surface area contributed by atoms with Crippen molar-refractivity contribution in [2.24, 2.45) is 0 Å². The Morgan fingerprint density at radius 3 is 2.39 bits per heavy atom. The quantitative estimate of drug-likeness (QED) is 0.517. The largest absolute Gasteiger partial charge is 0.396 e. The lowest BCUT2D eigenvalue weighted by atomic mass is 10.2. The van der Waals surface area contributed by atoms with E-state index in [2.05, 4.69) is 17.2 Å². The van der Waals surface area contributed by atoms with Crippen LogP contribution in [0.15, 0.2) is 58.4 Å². The smallest absolute Gasteiger partial charge is 0.332 e. The number of aliphatic hydroxyl groups is 1. The van der Waals surface area contributed by atoms with Gasteiger partial charge < -0.3 is 15.3 Å². The van der Waals surface area contributed by atoms with Gasteiger partial charge in [-0.2, -0.15) is 0 Å². The first-order valence-corrected chi connectivity index (χ1v) is 11.2. The molecule has 3 aromatic rings. The number of hydrogen-bond acceptors (Lipinski definition) is 6. The van der Waals surface area contributed by atoms with Crippen LogP contribution in [0.3, 0.4) is 0 Å². The summed E-state index contributed by atoms with van der Waals surface area (Å²) in [4.78, 5) is 32.9. The molecule has 4 rings (SSSR count). The second-order valence-corrected chi connectivity index (χ2v) is 8.16. The fourth-order valence-electron chi connectivity index (χ4n) is 4.20. The van der Waals surface area contributed by atoms with E-state index in [4.69, 9.17) is 0 Å². The Balaban J connectivity index is 1.85. The van der Waals surface area contributed by atoms with E-state index in [-0.39, 0.29) is 37.2 Å². The van der Waals surface area contributed by atoms with Crippen molar-refractivity contribution in [3.8, 4) is 0 Å². The normalized spacial score (nSPS) is 14.9. The number of nitrogens with zero attached hydrogens (tertiary/aromatic N) is 4. The maximum atomic E-state index is 13.5. The summed E-state index contributed by atoms with van der Waals surface area (Å²) >= 11 is 0. The molecule has 0 saturated heterocycles. The molecule has 1 aliphatic heterocycles. The SMILES string of the molecule is CCCC1Nc2c(c(=O)n(CCCO)c(=O)n2Cc2ccncc2)N1Cc1ccc(F)cc1. The zero-order chi connectivity index (χ0) is 23.4. The van der Waals surface area contributed by atoms with Crippen LogP contribution in [0.25, 0.3) is 0 Å². The summed E-state index contributed by atoms with van der Waals surface area (Å²) in [5, 5.41) is 12.7. The molecule has 0 radical (unpaired) electrons. The predicted octanol–water partition coefficient (Wildman–Crippen LogP) is 2.53. The van der Waals surface area contributed by atoms with Gasteiger partial charge in [0.15, 0.2) is 0 Å². The van der Waals surface area contributed by atoms with Gasteiger partial charge >= 0.3 is 5.69 Å². The highest BCUT2D eigenvalue weighted by Crippen LogP contribution is 2.34. The lowest BCUT2D eigenvalue weighted by Crippen LogP contribution is -2.42. The zero-order valence-electron chi connectivity index (χ0n) is 18.6. The predicted molar refractivity (Wildman–Crippen MR) is 125 cm³/mol. The van der Waals surface area contributed by atoms with Crippen LogP contribution in [-0.2, 0) is 19.6 Å². The Morgan fingerprint density at radius 1 is 1.03 bits per heavy atom. The minimum absolute atomic E-state index is 0.122. The highest BCUT2D eigenvalue weighted by atomic mass is 19.1. The summed E-state index contributed by atoms with van der Waals surface area (Å²) < 4.78 is 16.2. The van der Waals surface area contributed by atoms with Gasteiger partial charge in [-0.1, -0.05) is 25.5 Å². The van der Waals surface area contributed by atoms with E-state index >= 15 is 0 Å². The average Bonchev–Trinajstić information content (AvgIpc) is 3.17. The highest BCUT2D eigenvalue weighted by Gasteiger charge is 2.35. The number of aliphatic hydroxyl groups excluding tert-OH is 1. The molecule has 0 bridgehead atoms. The van der Waals surface area contributed by atoms with E-state index in [1.54, 1.807) is 29.1 Å². The van der Waals surface area contributed by atoms with E-state index in [0.29, 0.717) is 24.5 Å². The van der Waals surface area contributed by atoms with E-state index in [0.717, 1.165) is 24.0 Å². The molecule has 0 aliphatic carbocycles. The van der Waals surface area contributed by atoms with Crippen LogP contribution < -0.4 is 21.5 Å². The maximum Gasteiger partial charge on any atom is 0.332 e. The third-order valence-corrected chi connectivity index (χ3v) is 5.83. The summed E-state index contributed by atoms with van der Waals surface area (Å²) in [5.74, 6) is 0.170. The Morgan fingerprint density at radius 2 is 1.73 bits per heavy atom. The molecule has 0 amide bonds. The van der Waals surface area contributed by atoms with Crippen molar-refractivity contribution >= 4 is 11.5 Å². The minimum Gasteiger partial charge on any atom is -0.396 e. The summed E-state index contributed by atoms with van der Waals surface area (Å²) in [6, 6.07) is 9.87. The van der Waals surface area contributed by atoms with Gasteiger partial charge in [0.25, 0.3) is 5.56 Å². The van der Waals surface area contributed by atoms with Gasteiger partial charge in [0, 0.05) is 32.1 Å². The lowest BCUT2D eigenvalue weighted by Gasteiger charge is -2.26. The van der Waals surface area contributed by atoms with Crippen molar-refractivity contribution in [3.63, 3.8) is 0 Å². The third kappa shape index (κ3) is 4.68. The first-order chi connectivity index (χ1) is 16.0. The molecule has 33 heavy (non-hydrogen) atoms. The van der Waals surface area contributed by atoms with Crippen molar-refractivity contribution in [1.29, 1.82) is 0 Å². The van der Waals surface area contributed by atoms with E-state index in [1.807, 2.05) is 17.0 Å². The van der Waals surface area contributed by atoms with Gasteiger partial charge in [-0.05, 0) is 48.2 Å². The molecule has 1 aliphatic rings. The average molecular weight is 454 g/mol. The third-order valence-electron chi connectivity index (χ3n) is 5.83. The molecule has 3 heterocycles. The van der Waals surface area contributed by atoms with Crippen LogP contribution in [-0.4, -0.2) is 32.0 Å².